The van der Waals surface area contributed by atoms with Gasteiger partial charge in [0, 0.05) is 0 Å². The van der Waals surface area contributed by atoms with Crippen molar-refractivity contribution in [2.75, 3.05) is 0 Å². The molecule has 0 bridgehead atoms. The second-order valence-electron chi connectivity index (χ2n) is 5.75. The summed E-state index contributed by atoms with van der Waals surface area (Å²) in [6.07, 6.45) is -4.47. The molecular weight excluding hydrogens is 354 g/mol. The zero-order chi connectivity index (χ0) is 19.1. The van der Waals surface area contributed by atoms with Crippen LogP contribution in [0.4, 0.5) is 17.6 Å². The number of alkyl halides is 3. The zero-order valence-electron chi connectivity index (χ0n) is 13.5. The smallest absolute Gasteiger partial charge is 0.246 e. The lowest BCUT2D eigenvalue weighted by atomic mass is 10.1. The summed E-state index contributed by atoms with van der Waals surface area (Å²) >= 11 is 0. The predicted molar refractivity (Wildman–Crippen MR) is 85.9 cm³/mol. The normalized spacial score (nSPS) is 11.7. The van der Waals surface area contributed by atoms with Crippen molar-refractivity contribution in [3.63, 3.8) is 0 Å². The van der Waals surface area contributed by atoms with Crippen LogP contribution in [0.1, 0.15) is 16.7 Å². The Balaban J connectivity index is 1.98. The summed E-state index contributed by atoms with van der Waals surface area (Å²) < 4.78 is 53.0. The fourth-order valence-electron chi connectivity index (χ4n) is 2.52. The molecule has 2 aromatic carbocycles. The minimum absolute atomic E-state index is 0.179. The maximum absolute atomic E-state index is 13.4. The van der Waals surface area contributed by atoms with Crippen LogP contribution in [0.2, 0.25) is 0 Å². The number of nitrogens with zero attached hydrogens (tertiary/aromatic N) is 2. The van der Waals surface area contributed by atoms with E-state index in [0.717, 1.165) is 27.4 Å². The average molecular weight is 367 g/mol. The maximum atomic E-state index is 13.4. The molecule has 3 aromatic rings. The monoisotopic (exact) mass is 367 g/mol. The standard InChI is InChI=1S/C17H13F4N3O2/c1-10-2-7-13(18)8-14(10)24-16(26)23(15(25)22-24)9-11-3-5-12(6-4-11)17(19,20)21/h2-8H,9H2,1H3,(H,22,25). The molecule has 0 saturated heterocycles. The third-order valence-electron chi connectivity index (χ3n) is 3.91. The van der Waals surface area contributed by atoms with Gasteiger partial charge in [-0.1, -0.05) is 18.2 Å². The molecule has 5 nitrogen and oxygen atoms in total. The first-order chi connectivity index (χ1) is 12.2. The van der Waals surface area contributed by atoms with Crippen molar-refractivity contribution < 1.29 is 17.6 Å². The molecule has 3 rings (SSSR count). The molecule has 1 aromatic heterocycles. The van der Waals surface area contributed by atoms with E-state index in [1.807, 2.05) is 0 Å². The van der Waals surface area contributed by atoms with Gasteiger partial charge in [0.1, 0.15) is 5.82 Å². The number of rotatable bonds is 3. The minimum Gasteiger partial charge on any atom is -0.246 e. The summed E-state index contributed by atoms with van der Waals surface area (Å²) in [6.45, 7) is 1.43. The van der Waals surface area contributed by atoms with Crippen molar-refractivity contribution in [1.82, 2.24) is 14.3 Å². The highest BCUT2D eigenvalue weighted by atomic mass is 19.4. The van der Waals surface area contributed by atoms with Crippen molar-refractivity contribution in [2.24, 2.45) is 0 Å². The Bertz CT molecular complexity index is 1060. The van der Waals surface area contributed by atoms with E-state index in [1.54, 1.807) is 6.92 Å². The largest absolute Gasteiger partial charge is 0.416 e. The third kappa shape index (κ3) is 3.32. The number of hydrogen-bond acceptors (Lipinski definition) is 2. The van der Waals surface area contributed by atoms with Crippen LogP contribution in [0.5, 0.6) is 0 Å². The zero-order valence-corrected chi connectivity index (χ0v) is 13.5. The Morgan fingerprint density at radius 2 is 1.69 bits per heavy atom. The summed E-state index contributed by atoms with van der Waals surface area (Å²) in [5, 5.41) is 2.32. The van der Waals surface area contributed by atoms with Crippen LogP contribution in [-0.4, -0.2) is 14.3 Å². The van der Waals surface area contributed by atoms with E-state index >= 15 is 0 Å². The third-order valence-corrected chi connectivity index (χ3v) is 3.91. The first-order valence-corrected chi connectivity index (χ1v) is 7.51. The minimum atomic E-state index is -4.47. The number of nitrogens with one attached hydrogen (secondary N) is 1. The Hall–Kier alpha value is -3.10. The number of aromatic nitrogens is 3. The van der Waals surface area contributed by atoms with E-state index in [0.29, 0.717) is 11.1 Å². The van der Waals surface area contributed by atoms with Crippen molar-refractivity contribution in [2.45, 2.75) is 19.6 Å². The van der Waals surface area contributed by atoms with Crippen LogP contribution >= 0.6 is 0 Å². The van der Waals surface area contributed by atoms with E-state index in [9.17, 15) is 27.2 Å². The Kier molecular flexibility index (Phi) is 4.31. The number of H-pyrrole nitrogens is 1. The lowest BCUT2D eigenvalue weighted by molar-refractivity contribution is -0.137. The molecule has 0 aliphatic rings. The van der Waals surface area contributed by atoms with Gasteiger partial charge >= 0.3 is 17.6 Å². The second-order valence-corrected chi connectivity index (χ2v) is 5.75. The topological polar surface area (TPSA) is 59.8 Å². The van der Waals surface area contributed by atoms with Crippen LogP contribution in [0.25, 0.3) is 5.69 Å². The van der Waals surface area contributed by atoms with Crippen LogP contribution in [0, 0.1) is 12.7 Å². The lowest BCUT2D eigenvalue weighted by Crippen LogP contribution is -2.29. The number of aromatic amines is 1. The molecule has 9 heteroatoms. The van der Waals surface area contributed by atoms with Gasteiger partial charge < -0.3 is 0 Å². The summed E-state index contributed by atoms with van der Waals surface area (Å²) in [4.78, 5) is 24.6. The van der Waals surface area contributed by atoms with Gasteiger partial charge in [-0.3, -0.25) is 0 Å². The molecule has 0 aliphatic carbocycles. The van der Waals surface area contributed by atoms with Gasteiger partial charge in [0.15, 0.2) is 0 Å². The molecule has 0 spiro atoms. The van der Waals surface area contributed by atoms with Gasteiger partial charge in [0.05, 0.1) is 17.8 Å². The van der Waals surface area contributed by atoms with E-state index in [2.05, 4.69) is 5.10 Å². The molecule has 1 N–H and O–H groups in total. The van der Waals surface area contributed by atoms with Gasteiger partial charge in [0.2, 0.25) is 0 Å². The van der Waals surface area contributed by atoms with Crippen molar-refractivity contribution in [1.29, 1.82) is 0 Å². The van der Waals surface area contributed by atoms with Crippen LogP contribution in [0.15, 0.2) is 52.1 Å². The second kappa shape index (κ2) is 6.32. The van der Waals surface area contributed by atoms with E-state index in [-0.39, 0.29) is 12.2 Å². The number of halogens is 4. The van der Waals surface area contributed by atoms with Gasteiger partial charge in [-0.2, -0.15) is 13.2 Å². The van der Waals surface area contributed by atoms with Gasteiger partial charge in [-0.15, -0.1) is 0 Å². The molecule has 0 atom stereocenters. The summed E-state index contributed by atoms with van der Waals surface area (Å²) in [7, 11) is 0. The summed E-state index contributed by atoms with van der Waals surface area (Å²) in [5.74, 6) is -0.575. The fraction of sp³-hybridized carbons (Fsp3) is 0.176. The highest BCUT2D eigenvalue weighted by Gasteiger charge is 2.30. The van der Waals surface area contributed by atoms with E-state index in [4.69, 9.17) is 0 Å². The summed E-state index contributed by atoms with van der Waals surface area (Å²) in [6, 6.07) is 7.93. The SMILES string of the molecule is Cc1ccc(F)cc1-n1[nH]c(=O)n(Cc2ccc(C(F)(F)F)cc2)c1=O. The highest BCUT2D eigenvalue weighted by molar-refractivity contribution is 5.39. The maximum Gasteiger partial charge on any atom is 0.416 e. The quantitative estimate of drug-likeness (QED) is 0.724. The fourth-order valence-corrected chi connectivity index (χ4v) is 2.52. The van der Waals surface area contributed by atoms with Crippen molar-refractivity contribution >= 4 is 0 Å². The first-order valence-electron chi connectivity index (χ1n) is 7.51. The molecule has 0 saturated carbocycles. The Labute approximate surface area is 144 Å². The van der Waals surface area contributed by atoms with E-state index in [1.165, 1.54) is 24.3 Å². The molecule has 0 amide bonds. The molecule has 0 radical (unpaired) electrons. The Morgan fingerprint density at radius 1 is 1.04 bits per heavy atom. The number of hydrogen-bond donors (Lipinski definition) is 1. The van der Waals surface area contributed by atoms with Gasteiger partial charge in [0.25, 0.3) is 0 Å². The molecular formula is C17H13F4N3O2. The van der Waals surface area contributed by atoms with Crippen LogP contribution in [0.3, 0.4) is 0 Å². The Morgan fingerprint density at radius 3 is 2.31 bits per heavy atom. The molecule has 0 aliphatic heterocycles. The summed E-state index contributed by atoms with van der Waals surface area (Å²) in [5.41, 5.74) is -1.23. The number of aryl methyl sites for hydroxylation is 1. The first kappa shape index (κ1) is 17.7. The van der Waals surface area contributed by atoms with E-state index < -0.39 is 28.9 Å². The lowest BCUT2D eigenvalue weighted by Gasteiger charge is -2.07. The molecule has 0 unspecified atom stereocenters. The molecule has 26 heavy (non-hydrogen) atoms. The molecule has 0 fully saturated rings. The van der Waals surface area contributed by atoms with Gasteiger partial charge in [-0.25, -0.2) is 28.3 Å². The predicted octanol–water partition coefficient (Wildman–Crippen LogP) is 2.84. The molecule has 1 heterocycles. The molecule has 136 valence electrons. The van der Waals surface area contributed by atoms with Crippen LogP contribution in [-0.2, 0) is 12.7 Å². The highest BCUT2D eigenvalue weighted by Crippen LogP contribution is 2.29. The van der Waals surface area contributed by atoms with Crippen molar-refractivity contribution in [3.05, 3.63) is 85.9 Å². The van der Waals surface area contributed by atoms with Gasteiger partial charge in [-0.05, 0) is 42.3 Å². The number of benzene rings is 2. The average Bonchev–Trinajstić information content (AvgIpc) is 2.85. The van der Waals surface area contributed by atoms with Crippen LogP contribution < -0.4 is 11.4 Å². The van der Waals surface area contributed by atoms with Crippen molar-refractivity contribution in [3.8, 4) is 5.69 Å².